The van der Waals surface area contributed by atoms with E-state index < -0.39 is 0 Å². The summed E-state index contributed by atoms with van der Waals surface area (Å²) in [6, 6.07) is 0. The Morgan fingerprint density at radius 2 is 2.29 bits per heavy atom. The first-order chi connectivity index (χ1) is 8.02. The highest BCUT2D eigenvalue weighted by atomic mass is 32.2. The molecule has 6 heteroatoms. The molecular weight excluding hydrogens is 254 g/mol. The van der Waals surface area contributed by atoms with Gasteiger partial charge in [0.25, 0.3) is 5.91 Å². The van der Waals surface area contributed by atoms with E-state index in [0.717, 1.165) is 9.90 Å². The summed E-state index contributed by atoms with van der Waals surface area (Å²) in [7, 11) is 3.44. The average molecular weight is 271 g/mol. The van der Waals surface area contributed by atoms with Crippen molar-refractivity contribution in [3.63, 3.8) is 0 Å². The zero-order valence-corrected chi connectivity index (χ0v) is 11.9. The number of thioether (sulfide) groups is 1. The van der Waals surface area contributed by atoms with Gasteiger partial charge in [-0.25, -0.2) is 0 Å². The number of amides is 1. The number of nitrogens with two attached hydrogens (primary N) is 1. The van der Waals surface area contributed by atoms with Crippen molar-refractivity contribution in [2.24, 2.45) is 0 Å². The van der Waals surface area contributed by atoms with Crippen molar-refractivity contribution < 1.29 is 4.79 Å². The largest absolute Gasteiger partial charge is 0.396 e. The van der Waals surface area contributed by atoms with Crippen LogP contribution in [0, 0.1) is 0 Å². The fourth-order valence-corrected chi connectivity index (χ4v) is 3.34. The number of thiophene rings is 1. The van der Waals surface area contributed by atoms with E-state index in [-0.39, 0.29) is 5.91 Å². The minimum absolute atomic E-state index is 0.0607. The second kappa shape index (κ2) is 5.97. The van der Waals surface area contributed by atoms with Gasteiger partial charge in [0.15, 0.2) is 0 Å². The van der Waals surface area contributed by atoms with Crippen molar-refractivity contribution >= 4 is 39.7 Å². The summed E-state index contributed by atoms with van der Waals surface area (Å²) in [4.78, 5) is 15.0. The lowest BCUT2D eigenvalue weighted by Crippen LogP contribution is -2.21. The first-order valence-electron chi connectivity index (χ1n) is 5.05. The molecular formula is C11H17N3OS2. The quantitative estimate of drug-likeness (QED) is 0.637. The number of carbonyl (C=O) groups is 1. The number of hydrogen-bond acceptors (Lipinski definition) is 5. The lowest BCUT2D eigenvalue weighted by atomic mass is 10.3. The van der Waals surface area contributed by atoms with E-state index in [9.17, 15) is 4.79 Å². The highest BCUT2D eigenvalue weighted by Gasteiger charge is 2.21. The van der Waals surface area contributed by atoms with Crippen molar-refractivity contribution in [2.45, 2.75) is 4.90 Å². The lowest BCUT2D eigenvalue weighted by molar-refractivity contribution is 0.0833. The van der Waals surface area contributed by atoms with E-state index in [1.807, 2.05) is 6.26 Å². The Morgan fingerprint density at radius 1 is 1.65 bits per heavy atom. The SMILES string of the molecule is C=CCNc1sc(C(=O)N(C)C)c(N)c1SC. The topological polar surface area (TPSA) is 58.4 Å². The van der Waals surface area contributed by atoms with Gasteiger partial charge in [0, 0.05) is 20.6 Å². The van der Waals surface area contributed by atoms with Crippen molar-refractivity contribution in [1.29, 1.82) is 0 Å². The van der Waals surface area contributed by atoms with E-state index in [1.54, 1.807) is 31.9 Å². The van der Waals surface area contributed by atoms with Gasteiger partial charge in [-0.1, -0.05) is 6.08 Å². The number of hydrogen-bond donors (Lipinski definition) is 2. The van der Waals surface area contributed by atoms with Crippen LogP contribution in [0.2, 0.25) is 0 Å². The number of carbonyl (C=O) groups excluding carboxylic acids is 1. The zero-order valence-electron chi connectivity index (χ0n) is 10.2. The molecule has 17 heavy (non-hydrogen) atoms. The maximum Gasteiger partial charge on any atom is 0.265 e. The smallest absolute Gasteiger partial charge is 0.265 e. The molecule has 0 aromatic carbocycles. The standard InChI is InChI=1S/C11H17N3OS2/c1-5-6-13-10-8(16-4)7(12)9(17-10)11(15)14(2)3/h5,13H,1,6,12H2,2-4H3. The Labute approximate surface area is 110 Å². The van der Waals surface area contributed by atoms with Gasteiger partial charge in [0.2, 0.25) is 0 Å². The van der Waals surface area contributed by atoms with Gasteiger partial charge in [-0.3, -0.25) is 4.79 Å². The molecule has 4 nitrogen and oxygen atoms in total. The number of nitrogens with one attached hydrogen (secondary N) is 1. The Morgan fingerprint density at radius 3 is 2.76 bits per heavy atom. The second-order valence-electron chi connectivity index (χ2n) is 3.58. The highest BCUT2D eigenvalue weighted by Crippen LogP contribution is 2.41. The molecule has 0 atom stereocenters. The average Bonchev–Trinajstić information content (AvgIpc) is 2.61. The molecule has 0 bridgehead atoms. The van der Waals surface area contributed by atoms with Gasteiger partial charge in [-0.2, -0.15) is 0 Å². The Bertz CT molecular complexity index is 427. The summed E-state index contributed by atoms with van der Waals surface area (Å²) in [6.07, 6.45) is 3.72. The molecule has 0 fully saturated rings. The van der Waals surface area contributed by atoms with E-state index in [1.165, 1.54) is 16.2 Å². The third-order valence-corrected chi connectivity index (χ3v) is 4.22. The summed E-state index contributed by atoms with van der Waals surface area (Å²) in [6.45, 7) is 4.31. The molecule has 1 amide bonds. The molecule has 1 aromatic rings. The van der Waals surface area contributed by atoms with E-state index in [0.29, 0.717) is 17.1 Å². The molecule has 0 radical (unpaired) electrons. The van der Waals surface area contributed by atoms with Gasteiger partial charge < -0.3 is 16.0 Å². The second-order valence-corrected chi connectivity index (χ2v) is 5.41. The third kappa shape index (κ3) is 2.95. The Kier molecular flexibility index (Phi) is 4.89. The molecule has 94 valence electrons. The van der Waals surface area contributed by atoms with Crippen molar-refractivity contribution in [3.8, 4) is 0 Å². The fourth-order valence-electron chi connectivity index (χ4n) is 1.27. The minimum atomic E-state index is -0.0607. The molecule has 0 saturated carbocycles. The highest BCUT2D eigenvalue weighted by molar-refractivity contribution is 7.99. The monoisotopic (exact) mass is 271 g/mol. The Balaban J connectivity index is 3.12. The van der Waals surface area contributed by atoms with Crippen LogP contribution in [0.25, 0.3) is 0 Å². The number of rotatable bonds is 5. The van der Waals surface area contributed by atoms with E-state index in [2.05, 4.69) is 11.9 Å². The maximum atomic E-state index is 11.9. The van der Waals surface area contributed by atoms with Crippen LogP contribution in [0.3, 0.4) is 0 Å². The molecule has 0 aliphatic heterocycles. The molecule has 0 aliphatic rings. The van der Waals surface area contributed by atoms with Crippen LogP contribution >= 0.6 is 23.1 Å². The molecule has 0 aliphatic carbocycles. The van der Waals surface area contributed by atoms with Gasteiger partial charge in [-0.05, 0) is 6.26 Å². The van der Waals surface area contributed by atoms with Crippen LogP contribution in [0.15, 0.2) is 17.6 Å². The maximum absolute atomic E-state index is 11.9. The van der Waals surface area contributed by atoms with Gasteiger partial charge in [-0.15, -0.1) is 29.7 Å². The fraction of sp³-hybridized carbons (Fsp3) is 0.364. The van der Waals surface area contributed by atoms with Crippen molar-refractivity contribution in [2.75, 3.05) is 37.9 Å². The summed E-state index contributed by atoms with van der Waals surface area (Å²) in [5.74, 6) is -0.0607. The Hall–Kier alpha value is -1.14. The molecule has 0 spiro atoms. The lowest BCUT2D eigenvalue weighted by Gasteiger charge is -2.08. The van der Waals surface area contributed by atoms with E-state index in [4.69, 9.17) is 5.73 Å². The predicted molar refractivity (Wildman–Crippen MR) is 77.2 cm³/mol. The normalized spacial score (nSPS) is 10.1. The van der Waals surface area contributed by atoms with Crippen molar-refractivity contribution in [1.82, 2.24) is 4.90 Å². The van der Waals surface area contributed by atoms with Gasteiger partial charge in [0.1, 0.15) is 9.88 Å². The summed E-state index contributed by atoms with van der Waals surface area (Å²) >= 11 is 2.93. The molecule has 0 unspecified atom stereocenters. The van der Waals surface area contributed by atoms with Crippen LogP contribution in [0.1, 0.15) is 9.67 Å². The zero-order chi connectivity index (χ0) is 13.0. The number of anilines is 2. The number of nitrogen functional groups attached to an aromatic ring is 1. The van der Waals surface area contributed by atoms with Gasteiger partial charge >= 0.3 is 0 Å². The molecule has 0 saturated heterocycles. The van der Waals surface area contributed by atoms with Crippen LogP contribution in [0.4, 0.5) is 10.7 Å². The van der Waals surface area contributed by atoms with Crippen LogP contribution in [-0.4, -0.2) is 37.7 Å². The first-order valence-corrected chi connectivity index (χ1v) is 7.09. The summed E-state index contributed by atoms with van der Waals surface area (Å²) in [5, 5.41) is 4.13. The number of nitrogens with zero attached hydrogens (tertiary/aromatic N) is 1. The van der Waals surface area contributed by atoms with E-state index >= 15 is 0 Å². The van der Waals surface area contributed by atoms with Crippen LogP contribution < -0.4 is 11.1 Å². The molecule has 1 rings (SSSR count). The van der Waals surface area contributed by atoms with Crippen LogP contribution in [-0.2, 0) is 0 Å². The predicted octanol–water partition coefficient (Wildman–Crippen LogP) is 2.35. The first kappa shape index (κ1) is 13.9. The molecule has 1 heterocycles. The van der Waals surface area contributed by atoms with Crippen molar-refractivity contribution in [3.05, 3.63) is 17.5 Å². The van der Waals surface area contributed by atoms with Crippen LogP contribution in [0.5, 0.6) is 0 Å². The molecule has 1 aromatic heterocycles. The summed E-state index contributed by atoms with van der Waals surface area (Å²) < 4.78 is 0. The minimum Gasteiger partial charge on any atom is -0.396 e. The third-order valence-electron chi connectivity index (χ3n) is 2.11. The van der Waals surface area contributed by atoms with Gasteiger partial charge in [0.05, 0.1) is 10.6 Å². The summed E-state index contributed by atoms with van der Waals surface area (Å²) in [5.41, 5.74) is 6.56. The molecule has 3 N–H and O–H groups in total.